The van der Waals surface area contributed by atoms with Gasteiger partial charge in [0, 0.05) is 6.04 Å². The molecule has 1 fully saturated rings. The summed E-state index contributed by atoms with van der Waals surface area (Å²) in [7, 11) is 0. The van der Waals surface area contributed by atoms with Crippen molar-refractivity contribution in [3.8, 4) is 0 Å². The zero-order valence-electron chi connectivity index (χ0n) is 11.7. The van der Waals surface area contributed by atoms with Crippen molar-refractivity contribution in [1.82, 2.24) is 4.90 Å². The summed E-state index contributed by atoms with van der Waals surface area (Å²) in [6, 6.07) is 0.817. The molecule has 0 aromatic rings. The van der Waals surface area contributed by atoms with E-state index in [9.17, 15) is 0 Å². The minimum Gasteiger partial charge on any atom is -0.301 e. The van der Waals surface area contributed by atoms with Gasteiger partial charge in [-0.25, -0.2) is 0 Å². The third-order valence-corrected chi connectivity index (χ3v) is 4.12. The third-order valence-electron chi connectivity index (χ3n) is 4.12. The van der Waals surface area contributed by atoms with Crippen molar-refractivity contribution in [2.75, 3.05) is 13.1 Å². The molecule has 0 bridgehead atoms. The van der Waals surface area contributed by atoms with Gasteiger partial charge in [0.1, 0.15) is 0 Å². The first-order chi connectivity index (χ1) is 7.74. The molecule has 1 heteroatoms. The molecular formula is C15H31N. The van der Waals surface area contributed by atoms with E-state index in [1.807, 2.05) is 0 Å². The monoisotopic (exact) mass is 225 g/mol. The van der Waals surface area contributed by atoms with E-state index in [4.69, 9.17) is 0 Å². The lowest BCUT2D eigenvalue weighted by Crippen LogP contribution is -2.34. The fourth-order valence-corrected chi connectivity index (χ4v) is 2.88. The molecular weight excluding hydrogens is 194 g/mol. The molecule has 2 atom stereocenters. The predicted octanol–water partition coefficient (Wildman–Crippen LogP) is 4.47. The summed E-state index contributed by atoms with van der Waals surface area (Å²) in [5, 5.41) is 0. The first-order valence-corrected chi connectivity index (χ1v) is 7.48. The molecule has 2 unspecified atom stereocenters. The van der Waals surface area contributed by atoms with Gasteiger partial charge in [-0.2, -0.15) is 0 Å². The zero-order valence-corrected chi connectivity index (χ0v) is 11.7. The average molecular weight is 225 g/mol. The molecule has 1 nitrogen and oxygen atoms in total. The molecule has 1 aliphatic heterocycles. The Bertz CT molecular complexity index is 159. The fraction of sp³-hybridized carbons (Fsp3) is 1.00. The van der Waals surface area contributed by atoms with Gasteiger partial charge in [0.25, 0.3) is 0 Å². The second-order valence-corrected chi connectivity index (χ2v) is 5.77. The fourth-order valence-electron chi connectivity index (χ4n) is 2.88. The molecule has 1 saturated heterocycles. The van der Waals surface area contributed by atoms with E-state index in [1.165, 1.54) is 64.5 Å². The Labute approximate surface area is 103 Å². The van der Waals surface area contributed by atoms with Crippen LogP contribution in [0.3, 0.4) is 0 Å². The van der Waals surface area contributed by atoms with E-state index in [-0.39, 0.29) is 0 Å². The van der Waals surface area contributed by atoms with Crippen LogP contribution in [0.1, 0.15) is 72.1 Å². The van der Waals surface area contributed by atoms with Gasteiger partial charge in [-0.15, -0.1) is 0 Å². The predicted molar refractivity (Wildman–Crippen MR) is 72.8 cm³/mol. The molecule has 0 saturated carbocycles. The zero-order chi connectivity index (χ0) is 11.8. The van der Waals surface area contributed by atoms with E-state index in [1.54, 1.807) is 0 Å². The Hall–Kier alpha value is -0.0400. The molecule has 0 N–H and O–H groups in total. The summed E-state index contributed by atoms with van der Waals surface area (Å²) in [5.74, 6) is 0.930. The summed E-state index contributed by atoms with van der Waals surface area (Å²) >= 11 is 0. The van der Waals surface area contributed by atoms with E-state index in [2.05, 4.69) is 25.7 Å². The molecule has 0 radical (unpaired) electrons. The van der Waals surface area contributed by atoms with E-state index in [0.717, 1.165) is 12.0 Å². The lowest BCUT2D eigenvalue weighted by Gasteiger charge is -2.28. The van der Waals surface area contributed by atoms with Crippen LogP contribution < -0.4 is 0 Å². The summed E-state index contributed by atoms with van der Waals surface area (Å²) < 4.78 is 0. The number of rotatable bonds is 6. The molecule has 1 aliphatic rings. The van der Waals surface area contributed by atoms with Crippen LogP contribution in [-0.4, -0.2) is 24.0 Å². The van der Waals surface area contributed by atoms with Gasteiger partial charge in [-0.1, -0.05) is 39.5 Å². The van der Waals surface area contributed by atoms with Crippen LogP contribution in [0.2, 0.25) is 0 Å². The summed E-state index contributed by atoms with van der Waals surface area (Å²) in [4.78, 5) is 2.73. The minimum atomic E-state index is 0.817. The number of hydrogen-bond acceptors (Lipinski definition) is 1. The van der Waals surface area contributed by atoms with Gasteiger partial charge in [-0.3, -0.25) is 0 Å². The Kier molecular flexibility index (Phi) is 7.11. The van der Waals surface area contributed by atoms with Crippen LogP contribution >= 0.6 is 0 Å². The molecule has 1 rings (SSSR count). The first-order valence-electron chi connectivity index (χ1n) is 7.48. The smallest absolute Gasteiger partial charge is 0.00670 e. The van der Waals surface area contributed by atoms with Gasteiger partial charge < -0.3 is 4.90 Å². The average Bonchev–Trinajstić information content (AvgIpc) is 2.55. The van der Waals surface area contributed by atoms with Crippen molar-refractivity contribution in [3.63, 3.8) is 0 Å². The van der Waals surface area contributed by atoms with Gasteiger partial charge in [0.15, 0.2) is 0 Å². The van der Waals surface area contributed by atoms with Crippen LogP contribution in [0.15, 0.2) is 0 Å². The SMILES string of the molecule is CCCC(C)CCC(C)N1CCCCCC1. The summed E-state index contributed by atoms with van der Waals surface area (Å²) in [6.07, 6.45) is 11.3. The minimum absolute atomic E-state index is 0.817. The van der Waals surface area contributed by atoms with Gasteiger partial charge in [0.05, 0.1) is 0 Å². The van der Waals surface area contributed by atoms with Crippen LogP contribution in [0.25, 0.3) is 0 Å². The second-order valence-electron chi connectivity index (χ2n) is 5.77. The van der Waals surface area contributed by atoms with Crippen LogP contribution in [0.4, 0.5) is 0 Å². The highest BCUT2D eigenvalue weighted by Gasteiger charge is 2.16. The van der Waals surface area contributed by atoms with Crippen molar-refractivity contribution in [3.05, 3.63) is 0 Å². The Morgan fingerprint density at radius 1 is 0.875 bits per heavy atom. The molecule has 0 aromatic carbocycles. The molecule has 16 heavy (non-hydrogen) atoms. The van der Waals surface area contributed by atoms with Crippen molar-refractivity contribution >= 4 is 0 Å². The first kappa shape index (κ1) is 14.0. The summed E-state index contributed by atoms with van der Waals surface area (Å²) in [6.45, 7) is 9.85. The maximum atomic E-state index is 2.73. The molecule has 0 spiro atoms. The quantitative estimate of drug-likeness (QED) is 0.645. The Morgan fingerprint density at radius 3 is 2.06 bits per heavy atom. The van der Waals surface area contributed by atoms with Gasteiger partial charge in [0.2, 0.25) is 0 Å². The maximum Gasteiger partial charge on any atom is 0.00670 e. The van der Waals surface area contributed by atoms with Crippen molar-refractivity contribution in [2.24, 2.45) is 5.92 Å². The number of nitrogens with zero attached hydrogens (tertiary/aromatic N) is 1. The molecule has 96 valence electrons. The largest absolute Gasteiger partial charge is 0.301 e. The van der Waals surface area contributed by atoms with E-state index < -0.39 is 0 Å². The van der Waals surface area contributed by atoms with Gasteiger partial charge >= 0.3 is 0 Å². The molecule has 0 amide bonds. The highest BCUT2D eigenvalue weighted by molar-refractivity contribution is 4.71. The van der Waals surface area contributed by atoms with E-state index in [0.29, 0.717) is 0 Å². The topological polar surface area (TPSA) is 3.24 Å². The third kappa shape index (κ3) is 5.34. The highest BCUT2D eigenvalue weighted by atomic mass is 15.1. The maximum absolute atomic E-state index is 2.73. The van der Waals surface area contributed by atoms with Crippen molar-refractivity contribution < 1.29 is 0 Å². The highest BCUT2D eigenvalue weighted by Crippen LogP contribution is 2.19. The Morgan fingerprint density at radius 2 is 1.50 bits per heavy atom. The second kappa shape index (κ2) is 8.11. The Balaban J connectivity index is 2.19. The lowest BCUT2D eigenvalue weighted by molar-refractivity contribution is 0.198. The number of hydrogen-bond donors (Lipinski definition) is 0. The van der Waals surface area contributed by atoms with Crippen LogP contribution in [0.5, 0.6) is 0 Å². The van der Waals surface area contributed by atoms with Crippen LogP contribution in [0, 0.1) is 5.92 Å². The lowest BCUT2D eigenvalue weighted by atomic mass is 9.97. The summed E-state index contributed by atoms with van der Waals surface area (Å²) in [5.41, 5.74) is 0. The number of likely N-dealkylation sites (tertiary alicyclic amines) is 1. The molecule has 0 aliphatic carbocycles. The molecule has 0 aromatic heterocycles. The molecule has 1 heterocycles. The van der Waals surface area contributed by atoms with Crippen molar-refractivity contribution in [2.45, 2.75) is 78.2 Å². The van der Waals surface area contributed by atoms with Gasteiger partial charge in [-0.05, 0) is 51.6 Å². The van der Waals surface area contributed by atoms with E-state index >= 15 is 0 Å². The normalized spacial score (nSPS) is 22.7. The standard InChI is InChI=1S/C15H31N/c1-4-9-14(2)10-11-15(3)16-12-7-5-6-8-13-16/h14-15H,4-13H2,1-3H3. The van der Waals surface area contributed by atoms with Crippen LogP contribution in [-0.2, 0) is 0 Å². The van der Waals surface area contributed by atoms with Crippen molar-refractivity contribution in [1.29, 1.82) is 0 Å².